The Kier molecular flexibility index (Phi) is 5.96. The van der Waals surface area contributed by atoms with Crippen molar-refractivity contribution in [3.8, 4) is 0 Å². The lowest BCUT2D eigenvalue weighted by Crippen LogP contribution is -2.30. The van der Waals surface area contributed by atoms with Gasteiger partial charge in [0.25, 0.3) is 0 Å². The van der Waals surface area contributed by atoms with Crippen LogP contribution in [0.3, 0.4) is 0 Å². The van der Waals surface area contributed by atoms with Crippen molar-refractivity contribution in [3.63, 3.8) is 0 Å². The summed E-state index contributed by atoms with van der Waals surface area (Å²) in [6.45, 7) is 0.255. The predicted molar refractivity (Wildman–Crippen MR) is 76.0 cm³/mol. The van der Waals surface area contributed by atoms with Gasteiger partial charge in [0.1, 0.15) is 0 Å². The Labute approximate surface area is 121 Å². The van der Waals surface area contributed by atoms with Gasteiger partial charge in [-0.15, -0.1) is 0 Å². The smallest absolute Gasteiger partial charge is 0.306 e. The number of esters is 1. The van der Waals surface area contributed by atoms with Crippen LogP contribution in [0, 0.1) is 0 Å². The molecule has 7 heteroatoms. The van der Waals surface area contributed by atoms with Gasteiger partial charge in [0.15, 0.2) is 0 Å². The Morgan fingerprint density at radius 2 is 2.00 bits per heavy atom. The molecule has 0 heterocycles. The molecular formula is C12H16BrNO4S. The highest BCUT2D eigenvalue weighted by Crippen LogP contribution is 2.18. The van der Waals surface area contributed by atoms with Gasteiger partial charge in [-0.25, -0.2) is 12.7 Å². The first-order chi connectivity index (χ1) is 8.86. The van der Waals surface area contributed by atoms with Crippen molar-refractivity contribution in [2.75, 3.05) is 19.9 Å². The SMILES string of the molecule is COC(=O)CCS(=O)(=O)N(C)Cc1ccccc1Br. The minimum atomic E-state index is -3.47. The number of methoxy groups -OCH3 is 1. The molecule has 0 aliphatic heterocycles. The molecule has 0 saturated carbocycles. The Morgan fingerprint density at radius 3 is 2.58 bits per heavy atom. The predicted octanol–water partition coefficient (Wildman–Crippen LogP) is 1.77. The van der Waals surface area contributed by atoms with Crippen molar-refractivity contribution < 1.29 is 17.9 Å². The third-order valence-corrected chi connectivity index (χ3v) is 5.19. The highest BCUT2D eigenvalue weighted by molar-refractivity contribution is 9.10. The zero-order chi connectivity index (χ0) is 14.5. The molecule has 0 aliphatic carbocycles. The molecule has 1 aromatic carbocycles. The van der Waals surface area contributed by atoms with Crippen molar-refractivity contribution in [2.24, 2.45) is 0 Å². The van der Waals surface area contributed by atoms with Gasteiger partial charge in [-0.1, -0.05) is 34.1 Å². The number of hydrogen-bond acceptors (Lipinski definition) is 4. The van der Waals surface area contributed by atoms with Crippen LogP contribution in [0.15, 0.2) is 28.7 Å². The van der Waals surface area contributed by atoms with Crippen LogP contribution in [-0.2, 0) is 26.1 Å². The summed E-state index contributed by atoms with van der Waals surface area (Å²) in [5.41, 5.74) is 0.867. The van der Waals surface area contributed by atoms with E-state index in [1.54, 1.807) is 0 Å². The van der Waals surface area contributed by atoms with E-state index < -0.39 is 16.0 Å². The number of halogens is 1. The van der Waals surface area contributed by atoms with E-state index >= 15 is 0 Å². The van der Waals surface area contributed by atoms with Crippen LogP contribution in [0.4, 0.5) is 0 Å². The van der Waals surface area contributed by atoms with Crippen LogP contribution in [0.2, 0.25) is 0 Å². The summed E-state index contributed by atoms with van der Waals surface area (Å²) in [5, 5.41) is 0. The van der Waals surface area contributed by atoms with Gasteiger partial charge in [0.2, 0.25) is 10.0 Å². The molecule has 106 valence electrons. The van der Waals surface area contributed by atoms with E-state index in [0.29, 0.717) is 0 Å². The zero-order valence-electron chi connectivity index (χ0n) is 10.8. The number of carbonyl (C=O) groups is 1. The Balaban J connectivity index is 2.69. The molecule has 0 aromatic heterocycles. The first-order valence-corrected chi connectivity index (χ1v) is 8.01. The van der Waals surface area contributed by atoms with Crippen molar-refractivity contribution in [1.82, 2.24) is 4.31 Å². The van der Waals surface area contributed by atoms with E-state index in [1.807, 2.05) is 24.3 Å². The molecule has 0 bridgehead atoms. The number of carbonyl (C=O) groups excluding carboxylic acids is 1. The number of rotatable bonds is 6. The molecule has 0 saturated heterocycles. The van der Waals surface area contributed by atoms with Crippen molar-refractivity contribution >= 4 is 31.9 Å². The molecule has 1 rings (SSSR count). The maximum absolute atomic E-state index is 12.0. The lowest BCUT2D eigenvalue weighted by Gasteiger charge is -2.17. The molecule has 0 radical (unpaired) electrons. The summed E-state index contributed by atoms with van der Waals surface area (Å²) in [7, 11) is -0.741. The molecule has 0 N–H and O–H groups in total. The molecule has 0 spiro atoms. The summed E-state index contributed by atoms with van der Waals surface area (Å²) in [4.78, 5) is 11.0. The minimum absolute atomic E-state index is 0.140. The quantitative estimate of drug-likeness (QED) is 0.734. The summed E-state index contributed by atoms with van der Waals surface area (Å²) in [6.07, 6.45) is -0.140. The second-order valence-electron chi connectivity index (χ2n) is 3.99. The fourth-order valence-corrected chi connectivity index (χ4v) is 2.92. The molecular weight excluding hydrogens is 334 g/mol. The molecule has 0 amide bonds. The summed E-state index contributed by atoms with van der Waals surface area (Å²) in [6, 6.07) is 7.40. The highest BCUT2D eigenvalue weighted by Gasteiger charge is 2.20. The number of sulfonamides is 1. The number of benzene rings is 1. The first kappa shape index (κ1) is 16.1. The van der Waals surface area contributed by atoms with Gasteiger partial charge < -0.3 is 4.74 Å². The van der Waals surface area contributed by atoms with E-state index in [2.05, 4.69) is 20.7 Å². The van der Waals surface area contributed by atoms with Crippen molar-refractivity contribution in [1.29, 1.82) is 0 Å². The third kappa shape index (κ3) is 4.93. The van der Waals surface area contributed by atoms with Crippen LogP contribution in [0.25, 0.3) is 0 Å². The summed E-state index contributed by atoms with van der Waals surface area (Å²) < 4.78 is 30.5. The molecule has 5 nitrogen and oxygen atoms in total. The average molecular weight is 350 g/mol. The van der Waals surface area contributed by atoms with E-state index in [9.17, 15) is 13.2 Å². The van der Waals surface area contributed by atoms with Crippen LogP contribution in [-0.4, -0.2) is 38.6 Å². The van der Waals surface area contributed by atoms with E-state index in [0.717, 1.165) is 10.0 Å². The van der Waals surface area contributed by atoms with E-state index in [4.69, 9.17) is 0 Å². The fraction of sp³-hybridized carbons (Fsp3) is 0.417. The Morgan fingerprint density at radius 1 is 1.37 bits per heavy atom. The number of hydrogen-bond donors (Lipinski definition) is 0. The molecule has 19 heavy (non-hydrogen) atoms. The monoisotopic (exact) mass is 349 g/mol. The van der Waals surface area contributed by atoms with Gasteiger partial charge in [0.05, 0.1) is 19.3 Å². The maximum atomic E-state index is 12.0. The second kappa shape index (κ2) is 7.02. The van der Waals surface area contributed by atoms with Gasteiger partial charge in [-0.05, 0) is 11.6 Å². The lowest BCUT2D eigenvalue weighted by molar-refractivity contribution is -0.140. The summed E-state index contributed by atoms with van der Waals surface area (Å²) >= 11 is 3.37. The van der Waals surface area contributed by atoms with Gasteiger partial charge in [-0.3, -0.25) is 4.79 Å². The van der Waals surface area contributed by atoms with Gasteiger partial charge >= 0.3 is 5.97 Å². The topological polar surface area (TPSA) is 63.7 Å². The molecule has 0 unspecified atom stereocenters. The van der Waals surface area contributed by atoms with E-state index in [1.165, 1.54) is 18.5 Å². The Bertz CT molecular complexity index is 544. The number of nitrogens with zero attached hydrogens (tertiary/aromatic N) is 1. The van der Waals surface area contributed by atoms with Crippen LogP contribution in [0.1, 0.15) is 12.0 Å². The third-order valence-electron chi connectivity index (χ3n) is 2.62. The highest BCUT2D eigenvalue weighted by atomic mass is 79.9. The number of ether oxygens (including phenoxy) is 1. The van der Waals surface area contributed by atoms with Crippen molar-refractivity contribution in [3.05, 3.63) is 34.3 Å². The van der Waals surface area contributed by atoms with Crippen LogP contribution in [0.5, 0.6) is 0 Å². The average Bonchev–Trinajstić information content (AvgIpc) is 2.38. The molecule has 0 atom stereocenters. The Hall–Kier alpha value is -0.920. The molecule has 1 aromatic rings. The first-order valence-electron chi connectivity index (χ1n) is 5.61. The summed E-state index contributed by atoms with van der Waals surface area (Å²) in [5.74, 6) is -0.779. The van der Waals surface area contributed by atoms with Gasteiger partial charge in [0, 0.05) is 18.1 Å². The van der Waals surface area contributed by atoms with Crippen molar-refractivity contribution in [2.45, 2.75) is 13.0 Å². The second-order valence-corrected chi connectivity index (χ2v) is 7.04. The molecule has 0 aliphatic rings. The lowest BCUT2D eigenvalue weighted by atomic mass is 10.2. The van der Waals surface area contributed by atoms with Crippen LogP contribution >= 0.6 is 15.9 Å². The van der Waals surface area contributed by atoms with Crippen LogP contribution < -0.4 is 0 Å². The molecule has 0 fully saturated rings. The van der Waals surface area contributed by atoms with Gasteiger partial charge in [-0.2, -0.15) is 0 Å². The fourth-order valence-electron chi connectivity index (χ4n) is 1.44. The zero-order valence-corrected chi connectivity index (χ0v) is 13.2. The van der Waals surface area contributed by atoms with E-state index in [-0.39, 0.29) is 18.7 Å². The standard InChI is InChI=1S/C12H16BrNO4S/c1-14(9-10-5-3-4-6-11(10)13)19(16,17)8-7-12(15)18-2/h3-6H,7-9H2,1-2H3. The largest absolute Gasteiger partial charge is 0.469 e. The minimum Gasteiger partial charge on any atom is -0.469 e. The maximum Gasteiger partial charge on any atom is 0.306 e. The normalized spacial score (nSPS) is 11.6.